The molecule has 2 rings (SSSR count). The van der Waals surface area contributed by atoms with E-state index in [1.807, 2.05) is 6.07 Å². The third-order valence-electron chi connectivity index (χ3n) is 4.71. The molecule has 1 atom stereocenters. The second-order valence-corrected chi connectivity index (χ2v) is 6.16. The van der Waals surface area contributed by atoms with Crippen LogP contribution in [0.5, 0.6) is 5.75 Å². The highest BCUT2D eigenvalue weighted by Crippen LogP contribution is 2.34. The monoisotopic (exact) mass is 330 g/mol. The van der Waals surface area contributed by atoms with Crippen LogP contribution >= 0.6 is 0 Å². The Kier molecular flexibility index (Phi) is 5.45. The van der Waals surface area contributed by atoms with E-state index in [9.17, 15) is 14.7 Å². The average molecular weight is 330 g/mol. The van der Waals surface area contributed by atoms with Crippen LogP contribution < -0.4 is 4.74 Å². The number of rotatable bonds is 5. The summed E-state index contributed by atoms with van der Waals surface area (Å²) >= 11 is 0. The molecule has 0 aliphatic heterocycles. The number of carboxylic acids is 1. The molecule has 24 heavy (non-hydrogen) atoms. The number of carboxylic acid groups (broad SMARTS) is 1. The van der Waals surface area contributed by atoms with E-state index in [1.54, 1.807) is 31.2 Å². The molecule has 0 spiro atoms. The van der Waals surface area contributed by atoms with Gasteiger partial charge in [0.2, 0.25) is 0 Å². The predicted octanol–water partition coefficient (Wildman–Crippen LogP) is 2.57. The molecule has 0 saturated heterocycles. The summed E-state index contributed by atoms with van der Waals surface area (Å²) in [5.74, 6) is -1.04. The molecule has 1 saturated carbocycles. The number of likely N-dealkylation sites (N-methyl/N-ethyl adjacent to an activating group) is 1. The molecule has 0 aromatic heterocycles. The van der Waals surface area contributed by atoms with Crippen LogP contribution in [0, 0.1) is 11.3 Å². The zero-order chi connectivity index (χ0) is 17.7. The molecule has 1 aromatic carbocycles. The first-order valence-electron chi connectivity index (χ1n) is 8.09. The summed E-state index contributed by atoms with van der Waals surface area (Å²) in [6.07, 6.45) is 2.59. The van der Waals surface area contributed by atoms with Crippen molar-refractivity contribution in [3.8, 4) is 11.8 Å². The maximum absolute atomic E-state index is 12.7. The SMILES string of the molecule is CC(Oc1ccccc1C#N)C(=O)N(C)C1(C(=O)O)CCCCC1. The van der Waals surface area contributed by atoms with Crippen LogP contribution in [0.25, 0.3) is 0 Å². The third kappa shape index (κ3) is 3.35. The largest absolute Gasteiger partial charge is 0.480 e. The standard InChI is InChI=1S/C18H22N2O4/c1-13(24-15-9-5-4-8-14(15)12-19)16(21)20(2)18(17(22)23)10-6-3-7-11-18/h4-5,8-9,13H,3,6-7,10-11H2,1-2H3,(H,22,23). The maximum atomic E-state index is 12.7. The van der Waals surface area contributed by atoms with Gasteiger partial charge in [-0.25, -0.2) is 4.79 Å². The number of aliphatic carboxylic acids is 1. The first kappa shape index (κ1) is 17.8. The maximum Gasteiger partial charge on any atom is 0.329 e. The topological polar surface area (TPSA) is 90.6 Å². The quantitative estimate of drug-likeness (QED) is 0.896. The molecule has 0 radical (unpaired) electrons. The summed E-state index contributed by atoms with van der Waals surface area (Å²) in [7, 11) is 1.53. The molecule has 1 N–H and O–H groups in total. The molecular formula is C18H22N2O4. The highest BCUT2D eigenvalue weighted by Gasteiger charge is 2.46. The van der Waals surface area contributed by atoms with Crippen molar-refractivity contribution in [2.75, 3.05) is 7.05 Å². The van der Waals surface area contributed by atoms with E-state index in [0.717, 1.165) is 19.3 Å². The van der Waals surface area contributed by atoms with Gasteiger partial charge in [-0.15, -0.1) is 0 Å². The van der Waals surface area contributed by atoms with Crippen LogP contribution in [-0.4, -0.2) is 40.6 Å². The van der Waals surface area contributed by atoms with Crippen molar-refractivity contribution in [3.05, 3.63) is 29.8 Å². The van der Waals surface area contributed by atoms with Gasteiger partial charge in [-0.1, -0.05) is 31.4 Å². The number of hydrogen-bond acceptors (Lipinski definition) is 4. The van der Waals surface area contributed by atoms with Crippen LogP contribution in [-0.2, 0) is 9.59 Å². The number of nitriles is 1. The number of ether oxygens (including phenoxy) is 1. The van der Waals surface area contributed by atoms with Gasteiger partial charge in [0.05, 0.1) is 5.56 Å². The fourth-order valence-corrected chi connectivity index (χ4v) is 3.22. The summed E-state index contributed by atoms with van der Waals surface area (Å²) in [5.41, 5.74) is -0.827. The second-order valence-electron chi connectivity index (χ2n) is 6.16. The van der Waals surface area contributed by atoms with Crippen molar-refractivity contribution in [2.45, 2.75) is 50.7 Å². The van der Waals surface area contributed by atoms with Gasteiger partial charge >= 0.3 is 5.97 Å². The van der Waals surface area contributed by atoms with E-state index in [4.69, 9.17) is 10.00 Å². The first-order chi connectivity index (χ1) is 11.4. The molecule has 1 unspecified atom stereocenters. The Labute approximate surface area is 141 Å². The van der Waals surface area contributed by atoms with E-state index in [2.05, 4.69) is 0 Å². The second kappa shape index (κ2) is 7.35. The Bertz CT molecular complexity index is 659. The van der Waals surface area contributed by atoms with Crippen molar-refractivity contribution in [1.29, 1.82) is 5.26 Å². The van der Waals surface area contributed by atoms with Gasteiger partial charge in [0.15, 0.2) is 6.10 Å². The van der Waals surface area contributed by atoms with Crippen molar-refractivity contribution >= 4 is 11.9 Å². The first-order valence-corrected chi connectivity index (χ1v) is 8.09. The van der Waals surface area contributed by atoms with Gasteiger partial charge in [0.25, 0.3) is 5.91 Å². The Morgan fingerprint density at radius 1 is 1.29 bits per heavy atom. The molecule has 1 aliphatic rings. The molecule has 1 amide bonds. The Balaban J connectivity index is 2.17. The van der Waals surface area contributed by atoms with Crippen LogP contribution in [0.1, 0.15) is 44.6 Å². The van der Waals surface area contributed by atoms with Gasteiger partial charge in [0, 0.05) is 7.05 Å². The molecule has 1 aliphatic carbocycles. The number of carbonyl (C=O) groups is 2. The zero-order valence-corrected chi connectivity index (χ0v) is 14.0. The lowest BCUT2D eigenvalue weighted by atomic mass is 9.80. The van der Waals surface area contributed by atoms with Crippen LogP contribution in [0.2, 0.25) is 0 Å². The summed E-state index contributed by atoms with van der Waals surface area (Å²) in [6.45, 7) is 1.57. The summed E-state index contributed by atoms with van der Waals surface area (Å²) in [6, 6.07) is 8.68. The summed E-state index contributed by atoms with van der Waals surface area (Å²) in [4.78, 5) is 25.9. The lowest BCUT2D eigenvalue weighted by Crippen LogP contribution is -2.58. The smallest absolute Gasteiger partial charge is 0.329 e. The van der Waals surface area contributed by atoms with E-state index in [0.29, 0.717) is 24.2 Å². The van der Waals surface area contributed by atoms with Crippen molar-refractivity contribution < 1.29 is 19.4 Å². The number of amides is 1. The zero-order valence-electron chi connectivity index (χ0n) is 14.0. The molecule has 0 bridgehead atoms. The Morgan fingerprint density at radius 3 is 2.50 bits per heavy atom. The Morgan fingerprint density at radius 2 is 1.92 bits per heavy atom. The molecule has 6 nitrogen and oxygen atoms in total. The lowest BCUT2D eigenvalue weighted by Gasteiger charge is -2.41. The number of nitrogens with zero attached hydrogens (tertiary/aromatic N) is 2. The number of hydrogen-bond donors (Lipinski definition) is 1. The summed E-state index contributed by atoms with van der Waals surface area (Å²) < 4.78 is 5.63. The molecule has 1 aromatic rings. The van der Waals surface area contributed by atoms with Crippen molar-refractivity contribution in [1.82, 2.24) is 4.90 Å². The highest BCUT2D eigenvalue weighted by molar-refractivity contribution is 5.89. The highest BCUT2D eigenvalue weighted by atomic mass is 16.5. The van der Waals surface area contributed by atoms with Gasteiger partial charge in [-0.3, -0.25) is 4.79 Å². The number of carbonyl (C=O) groups excluding carboxylic acids is 1. The third-order valence-corrected chi connectivity index (χ3v) is 4.71. The Hall–Kier alpha value is -2.55. The van der Waals surface area contributed by atoms with E-state index < -0.39 is 23.5 Å². The van der Waals surface area contributed by atoms with Crippen molar-refractivity contribution in [3.63, 3.8) is 0 Å². The molecule has 0 heterocycles. The van der Waals surface area contributed by atoms with Crippen LogP contribution in [0.4, 0.5) is 0 Å². The average Bonchev–Trinajstić information content (AvgIpc) is 2.61. The molecular weight excluding hydrogens is 308 g/mol. The lowest BCUT2D eigenvalue weighted by molar-refractivity contribution is -0.162. The minimum Gasteiger partial charge on any atom is -0.480 e. The van der Waals surface area contributed by atoms with Crippen molar-refractivity contribution in [2.24, 2.45) is 0 Å². The fraction of sp³-hybridized carbons (Fsp3) is 0.500. The van der Waals surface area contributed by atoms with Gasteiger partial charge in [-0.2, -0.15) is 5.26 Å². The van der Waals surface area contributed by atoms with E-state index >= 15 is 0 Å². The van der Waals surface area contributed by atoms with Crippen LogP contribution in [0.3, 0.4) is 0 Å². The molecule has 128 valence electrons. The molecule has 1 fully saturated rings. The minimum absolute atomic E-state index is 0.322. The van der Waals surface area contributed by atoms with Gasteiger partial charge in [0.1, 0.15) is 17.4 Å². The van der Waals surface area contributed by atoms with E-state index in [1.165, 1.54) is 11.9 Å². The number of benzene rings is 1. The van der Waals surface area contributed by atoms with E-state index in [-0.39, 0.29) is 0 Å². The molecule has 6 heteroatoms. The fourth-order valence-electron chi connectivity index (χ4n) is 3.22. The number of para-hydroxylation sites is 1. The minimum atomic E-state index is -1.16. The van der Waals surface area contributed by atoms with Crippen LogP contribution in [0.15, 0.2) is 24.3 Å². The predicted molar refractivity (Wildman–Crippen MR) is 87.5 cm³/mol. The van der Waals surface area contributed by atoms with Gasteiger partial charge in [-0.05, 0) is 31.9 Å². The normalized spacial score (nSPS) is 17.4. The van der Waals surface area contributed by atoms with Gasteiger partial charge < -0.3 is 14.7 Å². The summed E-state index contributed by atoms with van der Waals surface area (Å²) in [5, 5.41) is 18.8.